The zero-order valence-electron chi connectivity index (χ0n) is 11.2. The molecular formula is C15H21NO2. The van der Waals surface area contributed by atoms with E-state index in [2.05, 4.69) is 6.07 Å². The van der Waals surface area contributed by atoms with Crippen molar-refractivity contribution in [2.75, 3.05) is 18.1 Å². The number of rotatable bonds is 4. The monoisotopic (exact) mass is 247 g/mol. The predicted molar refractivity (Wildman–Crippen MR) is 72.8 cm³/mol. The van der Waals surface area contributed by atoms with Gasteiger partial charge in [0.15, 0.2) is 0 Å². The quantitative estimate of drug-likeness (QED) is 0.818. The molecule has 1 amide bonds. The van der Waals surface area contributed by atoms with Crippen molar-refractivity contribution in [1.29, 1.82) is 0 Å². The van der Waals surface area contributed by atoms with E-state index in [-0.39, 0.29) is 12.0 Å². The van der Waals surface area contributed by atoms with Crippen LogP contribution in [0.5, 0.6) is 0 Å². The zero-order valence-corrected chi connectivity index (χ0v) is 11.2. The van der Waals surface area contributed by atoms with E-state index in [1.807, 2.05) is 36.9 Å². The van der Waals surface area contributed by atoms with E-state index in [1.54, 1.807) is 0 Å². The van der Waals surface area contributed by atoms with Crippen LogP contribution in [0.4, 0.5) is 5.69 Å². The van der Waals surface area contributed by atoms with Crippen molar-refractivity contribution in [2.45, 2.75) is 39.2 Å². The van der Waals surface area contributed by atoms with Crippen molar-refractivity contribution in [1.82, 2.24) is 0 Å². The Labute approximate surface area is 109 Å². The molecule has 1 fully saturated rings. The molecule has 98 valence electrons. The van der Waals surface area contributed by atoms with Gasteiger partial charge in [-0.05, 0) is 44.4 Å². The normalized spacial score (nSPS) is 18.9. The number of anilines is 1. The Morgan fingerprint density at radius 2 is 2.33 bits per heavy atom. The highest BCUT2D eigenvalue weighted by Gasteiger charge is 2.22. The van der Waals surface area contributed by atoms with Crippen LogP contribution in [0.3, 0.4) is 0 Å². The van der Waals surface area contributed by atoms with Gasteiger partial charge in [-0.25, -0.2) is 0 Å². The molecule has 18 heavy (non-hydrogen) atoms. The molecule has 1 aliphatic rings. The third-order valence-corrected chi connectivity index (χ3v) is 3.36. The van der Waals surface area contributed by atoms with E-state index >= 15 is 0 Å². The Morgan fingerprint density at radius 3 is 2.94 bits per heavy atom. The van der Waals surface area contributed by atoms with Crippen molar-refractivity contribution >= 4 is 11.6 Å². The Kier molecular flexibility index (Phi) is 4.37. The predicted octanol–water partition coefficient (Wildman–Crippen LogP) is 2.92. The number of amides is 1. The molecule has 1 atom stereocenters. The molecular weight excluding hydrogens is 226 g/mol. The van der Waals surface area contributed by atoms with Gasteiger partial charge < -0.3 is 9.64 Å². The first-order valence-corrected chi connectivity index (χ1v) is 6.69. The molecule has 0 N–H and O–H groups in total. The molecule has 0 aromatic heterocycles. The lowest BCUT2D eigenvalue weighted by atomic mass is 10.1. The first-order chi connectivity index (χ1) is 8.70. The number of nitrogens with zero attached hydrogens (tertiary/aromatic N) is 1. The second-order valence-corrected chi connectivity index (χ2v) is 4.82. The van der Waals surface area contributed by atoms with Gasteiger partial charge in [0.1, 0.15) is 0 Å². The average molecular weight is 247 g/mol. The SMILES string of the molecule is CCN(C(=O)CC1CCCO1)c1cccc(C)c1. The standard InChI is InChI=1S/C15H21NO2/c1-3-16(13-7-4-6-12(2)10-13)15(17)11-14-8-5-9-18-14/h4,6-7,10,14H,3,5,8-9,11H2,1-2H3. The largest absolute Gasteiger partial charge is 0.378 e. The fourth-order valence-corrected chi connectivity index (χ4v) is 2.41. The summed E-state index contributed by atoms with van der Waals surface area (Å²) in [7, 11) is 0. The third-order valence-electron chi connectivity index (χ3n) is 3.36. The van der Waals surface area contributed by atoms with Crippen LogP contribution < -0.4 is 4.90 Å². The van der Waals surface area contributed by atoms with Gasteiger partial charge in [-0.3, -0.25) is 4.79 Å². The van der Waals surface area contributed by atoms with E-state index in [0.717, 1.165) is 25.1 Å². The molecule has 2 rings (SSSR count). The number of carbonyl (C=O) groups excluding carboxylic acids is 1. The van der Waals surface area contributed by atoms with Crippen LogP contribution in [0.25, 0.3) is 0 Å². The Hall–Kier alpha value is -1.35. The molecule has 3 heteroatoms. The van der Waals surface area contributed by atoms with E-state index in [0.29, 0.717) is 13.0 Å². The van der Waals surface area contributed by atoms with Crippen LogP contribution in [0, 0.1) is 6.92 Å². The molecule has 1 unspecified atom stereocenters. The van der Waals surface area contributed by atoms with Gasteiger partial charge in [-0.1, -0.05) is 12.1 Å². The van der Waals surface area contributed by atoms with E-state index in [9.17, 15) is 4.79 Å². The number of hydrogen-bond donors (Lipinski definition) is 0. The molecule has 1 saturated heterocycles. The highest BCUT2D eigenvalue weighted by molar-refractivity contribution is 5.93. The summed E-state index contributed by atoms with van der Waals surface area (Å²) >= 11 is 0. The summed E-state index contributed by atoms with van der Waals surface area (Å²) in [5.41, 5.74) is 2.16. The van der Waals surface area contributed by atoms with Crippen molar-refractivity contribution < 1.29 is 9.53 Å². The second kappa shape index (κ2) is 6.01. The van der Waals surface area contributed by atoms with Gasteiger partial charge in [0, 0.05) is 18.8 Å². The summed E-state index contributed by atoms with van der Waals surface area (Å²) in [5, 5.41) is 0. The smallest absolute Gasteiger partial charge is 0.229 e. The van der Waals surface area contributed by atoms with Gasteiger partial charge in [-0.15, -0.1) is 0 Å². The van der Waals surface area contributed by atoms with Crippen LogP contribution in [-0.4, -0.2) is 25.2 Å². The van der Waals surface area contributed by atoms with E-state index in [4.69, 9.17) is 4.74 Å². The number of benzene rings is 1. The third kappa shape index (κ3) is 3.10. The summed E-state index contributed by atoms with van der Waals surface area (Å²) in [6.07, 6.45) is 2.71. The Morgan fingerprint density at radius 1 is 1.50 bits per heavy atom. The lowest BCUT2D eigenvalue weighted by Crippen LogP contribution is -2.33. The summed E-state index contributed by atoms with van der Waals surface area (Å²) in [4.78, 5) is 14.1. The molecule has 1 aromatic carbocycles. The minimum absolute atomic E-state index is 0.122. The van der Waals surface area contributed by atoms with Crippen LogP contribution in [0.2, 0.25) is 0 Å². The fraction of sp³-hybridized carbons (Fsp3) is 0.533. The highest BCUT2D eigenvalue weighted by Crippen LogP contribution is 2.20. The fourth-order valence-electron chi connectivity index (χ4n) is 2.41. The Bertz CT molecular complexity index is 411. The number of ether oxygens (including phenoxy) is 1. The van der Waals surface area contributed by atoms with Crippen LogP contribution in [-0.2, 0) is 9.53 Å². The average Bonchev–Trinajstić information content (AvgIpc) is 2.83. The van der Waals surface area contributed by atoms with Crippen molar-refractivity contribution in [3.05, 3.63) is 29.8 Å². The van der Waals surface area contributed by atoms with Gasteiger partial charge in [0.25, 0.3) is 0 Å². The zero-order chi connectivity index (χ0) is 13.0. The summed E-state index contributed by atoms with van der Waals surface area (Å²) in [6.45, 7) is 5.56. The first-order valence-electron chi connectivity index (χ1n) is 6.69. The highest BCUT2D eigenvalue weighted by atomic mass is 16.5. The molecule has 0 saturated carbocycles. The topological polar surface area (TPSA) is 29.5 Å². The molecule has 1 aliphatic heterocycles. The number of aryl methyl sites for hydroxylation is 1. The maximum Gasteiger partial charge on any atom is 0.229 e. The maximum atomic E-state index is 12.3. The molecule has 0 spiro atoms. The van der Waals surface area contributed by atoms with Gasteiger partial charge >= 0.3 is 0 Å². The second-order valence-electron chi connectivity index (χ2n) is 4.82. The van der Waals surface area contributed by atoms with Crippen LogP contribution >= 0.6 is 0 Å². The molecule has 1 aromatic rings. The molecule has 1 heterocycles. The number of hydrogen-bond acceptors (Lipinski definition) is 2. The minimum atomic E-state index is 0.122. The van der Waals surface area contributed by atoms with E-state index in [1.165, 1.54) is 5.56 Å². The van der Waals surface area contributed by atoms with Crippen molar-refractivity contribution in [3.63, 3.8) is 0 Å². The maximum absolute atomic E-state index is 12.3. The molecule has 0 aliphatic carbocycles. The molecule has 0 radical (unpaired) electrons. The number of carbonyl (C=O) groups is 1. The van der Waals surface area contributed by atoms with Gasteiger partial charge in [0.2, 0.25) is 5.91 Å². The molecule has 3 nitrogen and oxygen atoms in total. The van der Waals surface area contributed by atoms with E-state index < -0.39 is 0 Å². The summed E-state index contributed by atoms with van der Waals surface area (Å²) in [6, 6.07) is 8.08. The first kappa shape index (κ1) is 13.1. The van der Waals surface area contributed by atoms with Crippen molar-refractivity contribution in [2.24, 2.45) is 0 Å². The van der Waals surface area contributed by atoms with Crippen LogP contribution in [0.1, 0.15) is 31.7 Å². The lowest BCUT2D eigenvalue weighted by molar-refractivity contribution is -0.120. The Balaban J connectivity index is 2.05. The molecule has 0 bridgehead atoms. The minimum Gasteiger partial charge on any atom is -0.378 e. The van der Waals surface area contributed by atoms with Crippen LogP contribution in [0.15, 0.2) is 24.3 Å². The lowest BCUT2D eigenvalue weighted by Gasteiger charge is -2.23. The van der Waals surface area contributed by atoms with Gasteiger partial charge in [0.05, 0.1) is 12.5 Å². The van der Waals surface area contributed by atoms with Gasteiger partial charge in [-0.2, -0.15) is 0 Å². The summed E-state index contributed by atoms with van der Waals surface area (Å²) in [5.74, 6) is 0.162. The van der Waals surface area contributed by atoms with Crippen molar-refractivity contribution in [3.8, 4) is 0 Å². The summed E-state index contributed by atoms with van der Waals surface area (Å²) < 4.78 is 5.53.